The zero-order valence-corrected chi connectivity index (χ0v) is 27.9. The number of aliphatic hydroxyl groups is 6. The maximum atomic E-state index is 13.2. The van der Waals surface area contributed by atoms with Crippen LogP contribution in [0.2, 0.25) is 0 Å². The lowest BCUT2D eigenvalue weighted by Gasteiger charge is -2.43. The number of ether oxygens (including phenoxy) is 7. The Morgan fingerprint density at radius 1 is 0.857 bits per heavy atom. The fraction of sp³-hybridized carbons (Fsp3) is 0.636. The van der Waals surface area contributed by atoms with Crippen molar-refractivity contribution >= 4 is 18.0 Å². The number of carbonyl (C=O) groups is 2. The summed E-state index contributed by atoms with van der Waals surface area (Å²) in [4.78, 5) is 25.6. The van der Waals surface area contributed by atoms with Crippen molar-refractivity contribution in [3.05, 3.63) is 34.9 Å². The first-order valence-electron chi connectivity index (χ1n) is 15.8. The van der Waals surface area contributed by atoms with Crippen LogP contribution in [0.4, 0.5) is 0 Å². The number of phenols is 1. The average Bonchev–Trinajstić information content (AvgIpc) is 3.06. The van der Waals surface area contributed by atoms with Gasteiger partial charge in [-0.15, -0.1) is 0 Å². The molecule has 2 saturated heterocycles. The van der Waals surface area contributed by atoms with Crippen molar-refractivity contribution in [3.63, 3.8) is 0 Å². The number of aromatic hydroxyl groups is 1. The summed E-state index contributed by atoms with van der Waals surface area (Å²) in [5.74, 6) is -1.61. The van der Waals surface area contributed by atoms with Crippen molar-refractivity contribution < 1.29 is 78.5 Å². The van der Waals surface area contributed by atoms with Gasteiger partial charge in [-0.05, 0) is 55.4 Å². The van der Waals surface area contributed by atoms with E-state index in [1.54, 1.807) is 0 Å². The third kappa shape index (κ3) is 8.71. The van der Waals surface area contributed by atoms with Gasteiger partial charge in [-0.3, -0.25) is 0 Å². The minimum Gasteiger partial charge on any atom is -0.502 e. The van der Waals surface area contributed by atoms with Crippen LogP contribution in [-0.4, -0.2) is 137 Å². The summed E-state index contributed by atoms with van der Waals surface area (Å²) in [7, 11) is 2.69. The fourth-order valence-electron chi connectivity index (χ4n) is 6.16. The van der Waals surface area contributed by atoms with E-state index in [-0.39, 0.29) is 17.2 Å². The molecule has 4 rings (SSSR count). The van der Waals surface area contributed by atoms with Crippen molar-refractivity contribution in [1.82, 2.24) is 0 Å². The molecule has 1 aromatic carbocycles. The van der Waals surface area contributed by atoms with Crippen molar-refractivity contribution in [1.29, 1.82) is 0 Å². The van der Waals surface area contributed by atoms with Gasteiger partial charge in [0.15, 0.2) is 17.8 Å². The number of benzene rings is 1. The number of rotatable bonds is 11. The van der Waals surface area contributed by atoms with Crippen LogP contribution < -0.4 is 9.47 Å². The van der Waals surface area contributed by atoms with E-state index in [1.165, 1.54) is 32.4 Å². The Morgan fingerprint density at radius 2 is 1.41 bits per heavy atom. The first-order chi connectivity index (χ1) is 23.1. The van der Waals surface area contributed by atoms with E-state index in [2.05, 4.69) is 0 Å². The molecule has 0 saturated carbocycles. The smallest absolute Gasteiger partial charge is 0.336 e. The van der Waals surface area contributed by atoms with E-state index >= 15 is 0 Å². The predicted octanol–water partition coefficient (Wildman–Crippen LogP) is -0.333. The normalized spacial score (nSPS) is 33.3. The molecule has 49 heavy (non-hydrogen) atoms. The van der Waals surface area contributed by atoms with Crippen LogP contribution >= 0.6 is 0 Å². The summed E-state index contributed by atoms with van der Waals surface area (Å²) < 4.78 is 37.5. The van der Waals surface area contributed by atoms with Crippen LogP contribution in [0.15, 0.2) is 29.4 Å². The molecule has 0 bridgehead atoms. The average molecular weight is 699 g/mol. The largest absolute Gasteiger partial charge is 0.502 e. The summed E-state index contributed by atoms with van der Waals surface area (Å²) in [6.07, 6.45) is -11.9. The molecule has 1 aliphatic carbocycles. The zero-order valence-electron chi connectivity index (χ0n) is 27.9. The number of hydrogen-bond donors (Lipinski definition) is 7. The lowest BCUT2D eigenvalue weighted by molar-refractivity contribution is -0.327. The summed E-state index contributed by atoms with van der Waals surface area (Å²) in [6.45, 7) is 4.46. The first kappa shape index (κ1) is 38.5. The zero-order chi connectivity index (χ0) is 36.2. The molecular weight excluding hydrogens is 652 g/mol. The SMILES string of the molecule is COc1cc(/C=C/C(=O)OC[C@H]2O[C@@H](OC[C@H]3O[C@@H](OC(=O)C4=C(C)CCCC4(C)C)[C@H](O)[C@@H](O)[C@@H]3O)[C@H](O)[C@@H](O)[C@@H]2O)cc(OC)c1O. The molecule has 2 aliphatic heterocycles. The van der Waals surface area contributed by atoms with Crippen LogP contribution in [0.1, 0.15) is 45.6 Å². The van der Waals surface area contributed by atoms with Gasteiger partial charge in [0.2, 0.25) is 12.0 Å². The number of carbonyl (C=O) groups excluding carboxylic acids is 2. The third-order valence-electron chi connectivity index (χ3n) is 8.95. The van der Waals surface area contributed by atoms with Gasteiger partial charge in [-0.25, -0.2) is 9.59 Å². The monoisotopic (exact) mass is 698 g/mol. The van der Waals surface area contributed by atoms with Crippen molar-refractivity contribution in [2.24, 2.45) is 5.41 Å². The van der Waals surface area contributed by atoms with Crippen LogP contribution in [0.25, 0.3) is 6.08 Å². The highest BCUT2D eigenvalue weighted by atomic mass is 16.7. The third-order valence-corrected chi connectivity index (χ3v) is 8.95. The summed E-state index contributed by atoms with van der Waals surface area (Å²) in [5.41, 5.74) is 1.22. The van der Waals surface area contributed by atoms with Gasteiger partial charge in [0, 0.05) is 11.6 Å². The molecule has 0 aromatic heterocycles. The van der Waals surface area contributed by atoms with Crippen LogP contribution in [0, 0.1) is 5.41 Å². The molecule has 0 unspecified atom stereocenters. The number of esters is 2. The minimum atomic E-state index is -1.80. The van der Waals surface area contributed by atoms with Crippen molar-refractivity contribution in [3.8, 4) is 17.2 Å². The van der Waals surface area contributed by atoms with E-state index in [0.717, 1.165) is 24.5 Å². The molecule has 2 heterocycles. The number of phenolic OH excluding ortho intramolecular Hbond substituents is 1. The van der Waals surface area contributed by atoms with Gasteiger partial charge < -0.3 is 68.9 Å². The molecule has 0 amide bonds. The number of aliphatic hydroxyl groups excluding tert-OH is 6. The Balaban J connectivity index is 1.36. The van der Waals surface area contributed by atoms with E-state index in [9.17, 15) is 45.3 Å². The maximum absolute atomic E-state index is 13.2. The number of methoxy groups -OCH3 is 2. The Bertz CT molecular complexity index is 1370. The van der Waals surface area contributed by atoms with E-state index < -0.39 is 92.0 Å². The molecule has 16 heteroatoms. The minimum absolute atomic E-state index is 0.106. The van der Waals surface area contributed by atoms with E-state index in [0.29, 0.717) is 17.6 Å². The topological polar surface area (TPSA) is 240 Å². The maximum Gasteiger partial charge on any atom is 0.336 e. The van der Waals surface area contributed by atoms with Crippen LogP contribution in [0.3, 0.4) is 0 Å². The Hall–Kier alpha value is -3.32. The van der Waals surface area contributed by atoms with Crippen molar-refractivity contribution in [2.75, 3.05) is 27.4 Å². The second-order valence-corrected chi connectivity index (χ2v) is 12.9. The molecule has 274 valence electrons. The van der Waals surface area contributed by atoms with Gasteiger partial charge in [-0.1, -0.05) is 19.4 Å². The standard InChI is InChI=1S/C33H46O16/c1-15-7-6-10-33(2,3)22(15)30(42)49-32-29(41)27(39)25(37)20(48-32)14-46-31-28(40)26(38)24(36)19(47-31)13-45-21(34)9-8-16-11-17(43-4)23(35)18(12-16)44-5/h8-9,11-12,19-20,24-29,31-32,35-41H,6-7,10,13-14H2,1-5H3/b9-8+/t19-,20-,24-,25-,26+,27+,28-,29-,31-,32+/m1/s1. The molecule has 0 spiro atoms. The van der Waals surface area contributed by atoms with Gasteiger partial charge in [-0.2, -0.15) is 0 Å². The van der Waals surface area contributed by atoms with Gasteiger partial charge >= 0.3 is 11.9 Å². The van der Waals surface area contributed by atoms with Crippen molar-refractivity contribution in [2.45, 2.75) is 101 Å². The Morgan fingerprint density at radius 3 is 1.98 bits per heavy atom. The summed E-state index contributed by atoms with van der Waals surface area (Å²) in [6, 6.07) is 2.90. The second-order valence-electron chi connectivity index (χ2n) is 12.9. The summed E-state index contributed by atoms with van der Waals surface area (Å²) in [5, 5.41) is 73.1. The predicted molar refractivity (Wildman–Crippen MR) is 167 cm³/mol. The quantitative estimate of drug-likeness (QED) is 0.116. The highest BCUT2D eigenvalue weighted by molar-refractivity contribution is 5.91. The molecule has 1 aromatic rings. The van der Waals surface area contributed by atoms with E-state index in [4.69, 9.17) is 33.2 Å². The molecule has 16 nitrogen and oxygen atoms in total. The molecule has 3 aliphatic rings. The molecule has 10 atom stereocenters. The Kier molecular flexibility index (Phi) is 12.7. The number of allylic oxidation sites excluding steroid dienone is 1. The fourth-order valence-corrected chi connectivity index (χ4v) is 6.16. The second kappa shape index (κ2) is 16.1. The lowest BCUT2D eigenvalue weighted by Crippen LogP contribution is -2.62. The molecule has 0 radical (unpaired) electrons. The highest BCUT2D eigenvalue weighted by Gasteiger charge is 2.49. The first-order valence-corrected chi connectivity index (χ1v) is 15.8. The molecule has 2 fully saturated rings. The summed E-state index contributed by atoms with van der Waals surface area (Å²) >= 11 is 0. The van der Waals surface area contributed by atoms with Crippen LogP contribution in [0.5, 0.6) is 17.2 Å². The lowest BCUT2D eigenvalue weighted by atomic mass is 9.73. The van der Waals surface area contributed by atoms with Gasteiger partial charge in [0.05, 0.1) is 20.8 Å². The van der Waals surface area contributed by atoms with Gasteiger partial charge in [0.1, 0.15) is 55.4 Å². The van der Waals surface area contributed by atoms with Crippen LogP contribution in [-0.2, 0) is 33.3 Å². The van der Waals surface area contributed by atoms with E-state index in [1.807, 2.05) is 20.8 Å². The molecular formula is C33H46O16. The van der Waals surface area contributed by atoms with Gasteiger partial charge in [0.25, 0.3) is 0 Å². The highest BCUT2D eigenvalue weighted by Crippen LogP contribution is 2.41. The Labute approximate surface area is 283 Å². The molecule has 7 N–H and O–H groups in total. The number of hydrogen-bond acceptors (Lipinski definition) is 16.